The van der Waals surface area contributed by atoms with Crippen LogP contribution in [0.15, 0.2) is 12.1 Å². The summed E-state index contributed by atoms with van der Waals surface area (Å²) in [5.41, 5.74) is 1.61. The summed E-state index contributed by atoms with van der Waals surface area (Å²) in [5.74, 6) is 2.15. The van der Waals surface area contributed by atoms with Crippen molar-refractivity contribution in [1.29, 1.82) is 0 Å². The number of hydrogen-bond donors (Lipinski definition) is 2. The molecule has 1 aliphatic rings. The number of carbonyl (C=O) groups excluding carboxylic acids is 1. The number of H-pyrrole nitrogens is 1. The van der Waals surface area contributed by atoms with Gasteiger partial charge in [-0.25, -0.2) is 9.50 Å². The number of nitrogens with one attached hydrogen (secondary N) is 2. The van der Waals surface area contributed by atoms with Crippen LogP contribution in [0.4, 0.5) is 5.95 Å². The molecule has 3 aromatic rings. The Morgan fingerprint density at radius 2 is 2.23 bits per heavy atom. The highest BCUT2D eigenvalue weighted by Crippen LogP contribution is 2.35. The molecular weight excluding hydrogens is 290 g/mol. The van der Waals surface area contributed by atoms with Crippen molar-refractivity contribution in [3.63, 3.8) is 0 Å². The summed E-state index contributed by atoms with van der Waals surface area (Å²) < 4.78 is 17.0. The molecule has 0 saturated carbocycles. The molecule has 9 nitrogen and oxygen atoms in total. The van der Waals surface area contributed by atoms with Gasteiger partial charge in [0.1, 0.15) is 0 Å². The lowest BCUT2D eigenvalue weighted by Crippen LogP contribution is -2.10. The summed E-state index contributed by atoms with van der Waals surface area (Å²) in [6.07, 6.45) is 0.263. The number of aromatic amines is 1. The van der Waals surface area contributed by atoms with E-state index in [2.05, 4.69) is 25.1 Å². The molecule has 9 heteroatoms. The lowest BCUT2D eigenvalue weighted by Gasteiger charge is -2.01. The molecule has 22 heavy (non-hydrogen) atoms. The van der Waals surface area contributed by atoms with Crippen LogP contribution in [0.1, 0.15) is 6.42 Å². The first-order valence-electron chi connectivity index (χ1n) is 6.73. The number of esters is 1. The van der Waals surface area contributed by atoms with Gasteiger partial charge < -0.3 is 19.5 Å². The van der Waals surface area contributed by atoms with Crippen LogP contribution >= 0.6 is 0 Å². The van der Waals surface area contributed by atoms with Gasteiger partial charge in [0.05, 0.1) is 24.6 Å². The summed E-state index contributed by atoms with van der Waals surface area (Å²) in [6.45, 7) is 0.646. The van der Waals surface area contributed by atoms with Crippen LogP contribution in [0.3, 0.4) is 0 Å². The molecule has 1 aliphatic heterocycles. The first-order chi connectivity index (χ1) is 10.7. The zero-order valence-electron chi connectivity index (χ0n) is 11.8. The van der Waals surface area contributed by atoms with Crippen molar-refractivity contribution in [2.45, 2.75) is 6.42 Å². The number of fused-ring (bicyclic) bond motifs is 4. The molecule has 2 aromatic heterocycles. The maximum Gasteiger partial charge on any atom is 0.307 e. The van der Waals surface area contributed by atoms with Crippen LogP contribution < -0.4 is 14.8 Å². The first kappa shape index (κ1) is 12.7. The van der Waals surface area contributed by atoms with Gasteiger partial charge in [-0.15, -0.1) is 0 Å². The average Bonchev–Trinajstić information content (AvgIpc) is 3.18. The van der Waals surface area contributed by atoms with Crippen LogP contribution in [-0.2, 0) is 9.53 Å². The minimum absolute atomic E-state index is 0.221. The van der Waals surface area contributed by atoms with Crippen molar-refractivity contribution in [1.82, 2.24) is 19.6 Å². The number of rotatable bonds is 4. The number of nitrogens with zero attached hydrogens (tertiary/aromatic N) is 3. The summed E-state index contributed by atoms with van der Waals surface area (Å²) in [4.78, 5) is 19.8. The van der Waals surface area contributed by atoms with Crippen molar-refractivity contribution in [2.24, 2.45) is 0 Å². The van der Waals surface area contributed by atoms with Crippen molar-refractivity contribution < 1.29 is 19.0 Å². The summed E-state index contributed by atoms with van der Waals surface area (Å²) >= 11 is 0. The number of ether oxygens (including phenoxy) is 3. The minimum atomic E-state index is -0.276. The number of methoxy groups -OCH3 is 1. The highest BCUT2D eigenvalue weighted by Gasteiger charge is 2.18. The molecule has 0 unspecified atom stereocenters. The molecule has 0 radical (unpaired) electrons. The van der Waals surface area contributed by atoms with Gasteiger partial charge in [0, 0.05) is 18.7 Å². The maximum absolute atomic E-state index is 11.1. The van der Waals surface area contributed by atoms with Crippen molar-refractivity contribution in [3.05, 3.63) is 12.1 Å². The summed E-state index contributed by atoms with van der Waals surface area (Å²) in [6, 6.07) is 3.68. The smallest absolute Gasteiger partial charge is 0.307 e. The third-order valence-corrected chi connectivity index (χ3v) is 3.41. The standard InChI is InChI=1S/C13H13N5O4/c1-20-11(19)2-3-14-12-16-13-15-7-4-9-10(22-6-21-9)5-8(7)18(13)17-12/h4-5H,2-3,6H2,1H3,(H2,14,15,16,17). The summed E-state index contributed by atoms with van der Waals surface area (Å²) in [5, 5.41) is 6.10. The lowest BCUT2D eigenvalue weighted by atomic mass is 10.3. The van der Waals surface area contributed by atoms with Crippen LogP contribution in [-0.4, -0.2) is 46.0 Å². The van der Waals surface area contributed by atoms with E-state index >= 15 is 0 Å². The lowest BCUT2D eigenvalue weighted by molar-refractivity contribution is -0.140. The largest absolute Gasteiger partial charge is 0.469 e. The maximum atomic E-state index is 11.1. The van der Waals surface area contributed by atoms with E-state index in [9.17, 15) is 4.79 Å². The topological polar surface area (TPSA) is 103 Å². The predicted octanol–water partition coefficient (Wildman–Crippen LogP) is 0.914. The summed E-state index contributed by atoms with van der Waals surface area (Å²) in [7, 11) is 1.36. The highest BCUT2D eigenvalue weighted by molar-refractivity contribution is 5.83. The van der Waals surface area contributed by atoms with Crippen LogP contribution in [0.25, 0.3) is 16.8 Å². The molecule has 0 bridgehead atoms. The number of benzene rings is 1. The molecule has 0 atom stereocenters. The van der Waals surface area contributed by atoms with Gasteiger partial charge in [-0.3, -0.25) is 9.89 Å². The second-order valence-electron chi connectivity index (χ2n) is 4.77. The van der Waals surface area contributed by atoms with Crippen molar-refractivity contribution in [2.75, 3.05) is 25.8 Å². The molecule has 0 aliphatic carbocycles. The molecule has 2 N–H and O–H groups in total. The van der Waals surface area contributed by atoms with Gasteiger partial charge in [-0.1, -0.05) is 0 Å². The van der Waals surface area contributed by atoms with Gasteiger partial charge >= 0.3 is 5.97 Å². The Morgan fingerprint density at radius 1 is 1.41 bits per heavy atom. The van der Waals surface area contributed by atoms with E-state index in [0.717, 1.165) is 11.0 Å². The molecule has 0 amide bonds. The Kier molecular flexibility index (Phi) is 2.78. The van der Waals surface area contributed by atoms with Gasteiger partial charge in [0.15, 0.2) is 11.5 Å². The van der Waals surface area contributed by atoms with E-state index < -0.39 is 0 Å². The van der Waals surface area contributed by atoms with E-state index in [1.165, 1.54) is 7.11 Å². The van der Waals surface area contributed by atoms with Crippen molar-refractivity contribution >= 4 is 28.7 Å². The van der Waals surface area contributed by atoms with Crippen LogP contribution in [0.2, 0.25) is 0 Å². The van der Waals surface area contributed by atoms with E-state index in [1.54, 1.807) is 4.52 Å². The van der Waals surface area contributed by atoms with E-state index in [0.29, 0.717) is 29.8 Å². The number of aromatic nitrogens is 4. The van der Waals surface area contributed by atoms with Gasteiger partial charge in [-0.05, 0) is 0 Å². The van der Waals surface area contributed by atoms with Gasteiger partial charge in [0.2, 0.25) is 12.7 Å². The minimum Gasteiger partial charge on any atom is -0.469 e. The van der Waals surface area contributed by atoms with E-state index in [-0.39, 0.29) is 19.2 Å². The Morgan fingerprint density at radius 3 is 3.05 bits per heavy atom. The molecular formula is C13H13N5O4. The zero-order valence-corrected chi connectivity index (χ0v) is 11.8. The first-order valence-corrected chi connectivity index (χ1v) is 6.73. The number of hydrogen-bond acceptors (Lipinski definition) is 7. The fraction of sp³-hybridized carbons (Fsp3) is 0.308. The van der Waals surface area contributed by atoms with Crippen LogP contribution in [0.5, 0.6) is 11.5 Å². The number of anilines is 1. The zero-order chi connectivity index (χ0) is 15.1. The predicted molar refractivity (Wildman–Crippen MR) is 76.1 cm³/mol. The molecule has 3 heterocycles. The molecule has 0 saturated heterocycles. The Labute approximate surface area is 124 Å². The normalized spacial score (nSPS) is 13.0. The third kappa shape index (κ3) is 1.98. The Balaban J connectivity index is 1.62. The van der Waals surface area contributed by atoms with E-state index in [1.807, 2.05) is 12.1 Å². The highest BCUT2D eigenvalue weighted by atomic mass is 16.7. The number of carbonyl (C=O) groups is 1. The van der Waals surface area contributed by atoms with Crippen LogP contribution in [0, 0.1) is 0 Å². The Bertz CT molecular complexity index is 868. The number of imidazole rings is 1. The van der Waals surface area contributed by atoms with E-state index in [4.69, 9.17) is 9.47 Å². The fourth-order valence-electron chi connectivity index (χ4n) is 2.33. The second kappa shape index (κ2) is 4.79. The molecule has 4 rings (SSSR count). The molecule has 0 fully saturated rings. The monoisotopic (exact) mass is 303 g/mol. The SMILES string of the molecule is COC(=O)CCNc1nc2nc3cc4c(cc3n2[nH]1)OCO4. The van der Waals surface area contributed by atoms with Gasteiger partial charge in [0.25, 0.3) is 5.78 Å². The fourth-order valence-corrected chi connectivity index (χ4v) is 2.33. The van der Waals surface area contributed by atoms with Gasteiger partial charge in [-0.2, -0.15) is 4.98 Å². The molecule has 0 spiro atoms. The second-order valence-corrected chi connectivity index (χ2v) is 4.77. The molecule has 1 aromatic carbocycles. The third-order valence-electron chi connectivity index (χ3n) is 3.41. The quantitative estimate of drug-likeness (QED) is 0.691. The molecule has 114 valence electrons. The van der Waals surface area contributed by atoms with Crippen molar-refractivity contribution in [3.8, 4) is 11.5 Å². The average molecular weight is 303 g/mol. The Hall–Kier alpha value is -2.97.